The van der Waals surface area contributed by atoms with Crippen LogP contribution in [0, 0.1) is 5.92 Å². The Bertz CT molecular complexity index is 476. The summed E-state index contributed by atoms with van der Waals surface area (Å²) < 4.78 is 2.05. The molecule has 4 heteroatoms. The Morgan fingerprint density at radius 2 is 1.94 bits per heavy atom. The number of nitrogens with zero attached hydrogens (tertiary/aromatic N) is 3. The van der Waals surface area contributed by atoms with Gasteiger partial charge in [0, 0.05) is 6.54 Å². The molecule has 1 aromatic carbocycles. The fraction of sp³-hybridized carbons (Fsp3) is 0.429. The minimum atomic E-state index is -0.103. The van der Waals surface area contributed by atoms with E-state index in [0.717, 1.165) is 18.8 Å². The summed E-state index contributed by atoms with van der Waals surface area (Å²) in [5.74, 6) is 1.43. The van der Waals surface area contributed by atoms with Crippen molar-refractivity contribution in [3.63, 3.8) is 0 Å². The molecule has 2 aromatic rings. The van der Waals surface area contributed by atoms with Gasteiger partial charge in [0.25, 0.3) is 0 Å². The van der Waals surface area contributed by atoms with E-state index in [4.69, 9.17) is 5.73 Å². The molecule has 0 fully saturated rings. The van der Waals surface area contributed by atoms with E-state index in [9.17, 15) is 0 Å². The zero-order valence-electron chi connectivity index (χ0n) is 11.0. The predicted molar refractivity (Wildman–Crippen MR) is 71.9 cm³/mol. The van der Waals surface area contributed by atoms with Crippen molar-refractivity contribution in [2.75, 3.05) is 0 Å². The van der Waals surface area contributed by atoms with Gasteiger partial charge in [-0.2, -0.15) is 0 Å². The predicted octanol–water partition coefficient (Wildman–Crippen LogP) is 2.18. The second kappa shape index (κ2) is 5.78. The maximum atomic E-state index is 6.22. The first kappa shape index (κ1) is 12.8. The highest BCUT2D eigenvalue weighted by atomic mass is 15.3. The van der Waals surface area contributed by atoms with Crippen LogP contribution in [0.5, 0.6) is 0 Å². The van der Waals surface area contributed by atoms with Crippen molar-refractivity contribution in [3.8, 4) is 0 Å². The van der Waals surface area contributed by atoms with Gasteiger partial charge in [0.15, 0.2) is 0 Å². The summed E-state index contributed by atoms with van der Waals surface area (Å²) >= 11 is 0. The molecule has 0 bridgehead atoms. The molecule has 1 aromatic heterocycles. The lowest BCUT2D eigenvalue weighted by Crippen LogP contribution is -2.20. The van der Waals surface area contributed by atoms with Crippen LogP contribution in [0.1, 0.15) is 31.3 Å². The highest BCUT2D eigenvalue weighted by molar-refractivity contribution is 5.17. The van der Waals surface area contributed by atoms with E-state index in [0.29, 0.717) is 5.92 Å². The van der Waals surface area contributed by atoms with Gasteiger partial charge in [0.05, 0.1) is 6.04 Å². The summed E-state index contributed by atoms with van der Waals surface area (Å²) in [5.41, 5.74) is 7.45. The lowest BCUT2D eigenvalue weighted by atomic mass is 10.1. The molecular weight excluding hydrogens is 224 g/mol. The van der Waals surface area contributed by atoms with Crippen molar-refractivity contribution in [2.45, 2.75) is 32.9 Å². The Morgan fingerprint density at radius 3 is 2.61 bits per heavy atom. The molecule has 2 rings (SSSR count). The Balaban J connectivity index is 2.09. The van der Waals surface area contributed by atoms with Crippen molar-refractivity contribution >= 4 is 0 Å². The summed E-state index contributed by atoms with van der Waals surface area (Å²) in [4.78, 5) is 0. The van der Waals surface area contributed by atoms with Crippen LogP contribution >= 0.6 is 0 Å². The number of rotatable bonds is 5. The van der Waals surface area contributed by atoms with Crippen LogP contribution in [0.3, 0.4) is 0 Å². The van der Waals surface area contributed by atoms with E-state index in [1.807, 2.05) is 18.2 Å². The average molecular weight is 244 g/mol. The molecule has 0 aliphatic heterocycles. The molecule has 0 saturated heterocycles. The van der Waals surface area contributed by atoms with Gasteiger partial charge in [0.2, 0.25) is 0 Å². The third kappa shape index (κ3) is 3.17. The average Bonchev–Trinajstić information content (AvgIpc) is 2.77. The summed E-state index contributed by atoms with van der Waals surface area (Å²) in [7, 11) is 0. The molecule has 0 unspecified atom stereocenters. The molecule has 18 heavy (non-hydrogen) atoms. The highest BCUT2D eigenvalue weighted by Gasteiger charge is 2.14. The summed E-state index contributed by atoms with van der Waals surface area (Å²) in [5, 5.41) is 8.12. The van der Waals surface area contributed by atoms with Crippen molar-refractivity contribution in [1.29, 1.82) is 0 Å². The Hall–Kier alpha value is -1.68. The van der Waals surface area contributed by atoms with Gasteiger partial charge in [-0.1, -0.05) is 44.2 Å². The van der Waals surface area contributed by atoms with E-state index < -0.39 is 0 Å². The van der Waals surface area contributed by atoms with Crippen LogP contribution < -0.4 is 5.73 Å². The summed E-state index contributed by atoms with van der Waals surface area (Å²) in [6.07, 6.45) is 2.55. The quantitative estimate of drug-likeness (QED) is 0.877. The molecular formula is C14H20N4. The SMILES string of the molecule is CC(C)Cn1cnnc1[C@@H](N)Cc1ccccc1. The van der Waals surface area contributed by atoms with Gasteiger partial charge in [-0.3, -0.25) is 0 Å². The first-order chi connectivity index (χ1) is 8.66. The highest BCUT2D eigenvalue weighted by Crippen LogP contribution is 2.14. The third-order valence-electron chi connectivity index (χ3n) is 2.84. The topological polar surface area (TPSA) is 56.7 Å². The van der Waals surface area contributed by atoms with Gasteiger partial charge >= 0.3 is 0 Å². The van der Waals surface area contributed by atoms with Crippen LogP contribution in [-0.4, -0.2) is 14.8 Å². The van der Waals surface area contributed by atoms with Crippen LogP contribution in [0.2, 0.25) is 0 Å². The molecule has 1 atom stereocenters. The van der Waals surface area contributed by atoms with Crippen LogP contribution in [0.15, 0.2) is 36.7 Å². The zero-order valence-corrected chi connectivity index (χ0v) is 11.0. The maximum absolute atomic E-state index is 6.22. The second-order valence-corrected chi connectivity index (χ2v) is 5.03. The number of hydrogen-bond donors (Lipinski definition) is 1. The zero-order chi connectivity index (χ0) is 13.0. The third-order valence-corrected chi connectivity index (χ3v) is 2.84. The molecule has 0 radical (unpaired) electrons. The Morgan fingerprint density at radius 1 is 1.22 bits per heavy atom. The fourth-order valence-electron chi connectivity index (χ4n) is 2.04. The number of benzene rings is 1. The summed E-state index contributed by atoms with van der Waals surface area (Å²) in [6, 6.07) is 10.1. The van der Waals surface area contributed by atoms with E-state index >= 15 is 0 Å². The van der Waals surface area contributed by atoms with Gasteiger partial charge in [-0.25, -0.2) is 0 Å². The van der Waals surface area contributed by atoms with Crippen LogP contribution in [-0.2, 0) is 13.0 Å². The Kier molecular flexibility index (Phi) is 4.10. The lowest BCUT2D eigenvalue weighted by Gasteiger charge is -2.14. The largest absolute Gasteiger partial charge is 0.321 e. The molecule has 4 nitrogen and oxygen atoms in total. The van der Waals surface area contributed by atoms with Crippen molar-refractivity contribution in [1.82, 2.24) is 14.8 Å². The number of aromatic nitrogens is 3. The van der Waals surface area contributed by atoms with Crippen molar-refractivity contribution in [3.05, 3.63) is 48.0 Å². The molecule has 0 aliphatic carbocycles. The number of hydrogen-bond acceptors (Lipinski definition) is 3. The minimum Gasteiger partial charge on any atom is -0.321 e. The van der Waals surface area contributed by atoms with Gasteiger partial charge in [-0.05, 0) is 17.9 Å². The molecule has 0 spiro atoms. The smallest absolute Gasteiger partial charge is 0.150 e. The maximum Gasteiger partial charge on any atom is 0.150 e. The second-order valence-electron chi connectivity index (χ2n) is 5.03. The molecule has 0 aliphatic rings. The minimum absolute atomic E-state index is 0.103. The first-order valence-electron chi connectivity index (χ1n) is 6.34. The van der Waals surface area contributed by atoms with Gasteiger partial charge in [-0.15, -0.1) is 10.2 Å². The fourth-order valence-corrected chi connectivity index (χ4v) is 2.04. The van der Waals surface area contributed by atoms with E-state index in [-0.39, 0.29) is 6.04 Å². The normalized spacial score (nSPS) is 12.9. The first-order valence-corrected chi connectivity index (χ1v) is 6.34. The van der Waals surface area contributed by atoms with E-state index in [1.54, 1.807) is 6.33 Å². The van der Waals surface area contributed by atoms with Crippen LogP contribution in [0.25, 0.3) is 0 Å². The van der Waals surface area contributed by atoms with Gasteiger partial charge in [0.1, 0.15) is 12.2 Å². The Labute approximate surface area is 108 Å². The standard InChI is InChI=1S/C14H20N4/c1-11(2)9-18-10-16-17-14(18)13(15)8-12-6-4-3-5-7-12/h3-7,10-11,13H,8-9,15H2,1-2H3/t13-/m0/s1. The van der Waals surface area contributed by atoms with Gasteiger partial charge < -0.3 is 10.3 Å². The van der Waals surface area contributed by atoms with Crippen LogP contribution in [0.4, 0.5) is 0 Å². The van der Waals surface area contributed by atoms with Crippen molar-refractivity contribution in [2.24, 2.45) is 11.7 Å². The molecule has 1 heterocycles. The van der Waals surface area contributed by atoms with Crippen molar-refractivity contribution < 1.29 is 0 Å². The van der Waals surface area contributed by atoms with E-state index in [1.165, 1.54) is 5.56 Å². The summed E-state index contributed by atoms with van der Waals surface area (Å²) in [6.45, 7) is 5.25. The molecule has 96 valence electrons. The lowest BCUT2D eigenvalue weighted by molar-refractivity contribution is 0.487. The number of nitrogens with two attached hydrogens (primary N) is 1. The monoisotopic (exact) mass is 244 g/mol. The molecule has 0 saturated carbocycles. The molecule has 0 amide bonds. The molecule has 2 N–H and O–H groups in total. The van der Waals surface area contributed by atoms with E-state index in [2.05, 4.69) is 40.7 Å².